The van der Waals surface area contributed by atoms with Crippen LogP contribution < -0.4 is 16.0 Å². The molecular weight excluding hydrogens is 444 g/mol. The van der Waals surface area contributed by atoms with Crippen molar-refractivity contribution in [3.8, 4) is 11.3 Å². The molecule has 5 rings (SSSR count). The number of benzene rings is 1. The Bertz CT molecular complexity index is 1370. The number of nitrogens with zero attached hydrogens (tertiary/aromatic N) is 4. The van der Waals surface area contributed by atoms with Gasteiger partial charge in [-0.15, -0.1) is 0 Å². The summed E-state index contributed by atoms with van der Waals surface area (Å²) in [5, 5.41) is 21.3. The van der Waals surface area contributed by atoms with Crippen LogP contribution in [-0.2, 0) is 14.3 Å². The van der Waals surface area contributed by atoms with Crippen LogP contribution in [0.2, 0.25) is 0 Å². The molecule has 3 aromatic heterocycles. The lowest BCUT2D eigenvalue weighted by atomic mass is 9.94. The zero-order chi connectivity index (χ0) is 23.9. The average molecular weight is 464 g/mol. The maximum Gasteiger partial charge on any atom is 0.263 e. The molecule has 2 unspecified atom stereocenters. The maximum atomic E-state index is 13.4. The largest absolute Gasteiger partial charge is 0.380 e. The predicted molar refractivity (Wildman–Crippen MR) is 120 cm³/mol. The van der Waals surface area contributed by atoms with Crippen molar-refractivity contribution >= 4 is 40.1 Å². The van der Waals surface area contributed by atoms with Gasteiger partial charge in [0.15, 0.2) is 23.1 Å². The molecule has 1 aromatic carbocycles. The Morgan fingerprint density at radius 1 is 1.32 bits per heavy atom. The molecule has 2 atom stereocenters. The van der Waals surface area contributed by atoms with Crippen LogP contribution in [0.25, 0.3) is 22.2 Å². The van der Waals surface area contributed by atoms with Gasteiger partial charge >= 0.3 is 0 Å². The Morgan fingerprint density at radius 2 is 2.18 bits per heavy atom. The minimum Gasteiger partial charge on any atom is -0.380 e. The van der Waals surface area contributed by atoms with Crippen LogP contribution in [0.15, 0.2) is 57.9 Å². The number of nitrogen functional groups attached to an aromatic ring is 1. The molecule has 0 aliphatic carbocycles. The Balaban J connectivity index is 1.36. The molecule has 174 valence electrons. The normalized spacial score (nSPS) is 19.4. The number of aliphatic hydroxyl groups is 1. The number of amides is 2. The number of fused-ring (bicyclic) bond motifs is 1. The van der Waals surface area contributed by atoms with Gasteiger partial charge in [0, 0.05) is 11.8 Å². The average Bonchev–Trinajstić information content (AvgIpc) is 3.51. The zero-order valence-corrected chi connectivity index (χ0v) is 18.0. The zero-order valence-electron chi connectivity index (χ0n) is 18.0. The number of carbonyl (C=O) groups excluding carboxylic acids is 2. The summed E-state index contributed by atoms with van der Waals surface area (Å²) in [5.41, 5.74) is 5.77. The number of nitrogens with two attached hydrogens (primary N) is 1. The van der Waals surface area contributed by atoms with E-state index < -0.39 is 23.5 Å². The van der Waals surface area contributed by atoms with Crippen molar-refractivity contribution in [1.29, 1.82) is 0 Å². The number of aromatic nitrogens is 3. The lowest BCUT2D eigenvalue weighted by Gasteiger charge is -2.40. The SMILES string of the molecule is CC1(C(O)C(=O)Nc2ccc3c(N)noc3c2)OCCN(c2cccc(-c3cnoc3)n2)C1=O. The second-order valence-electron chi connectivity index (χ2n) is 7.88. The number of morpholine rings is 1. The molecule has 4 N–H and O–H groups in total. The van der Waals surface area contributed by atoms with Crippen LogP contribution in [0.5, 0.6) is 0 Å². The molecule has 34 heavy (non-hydrogen) atoms. The third-order valence-corrected chi connectivity index (χ3v) is 5.66. The monoisotopic (exact) mass is 464 g/mol. The third-order valence-electron chi connectivity index (χ3n) is 5.66. The summed E-state index contributed by atoms with van der Waals surface area (Å²) in [6.45, 7) is 1.66. The smallest absolute Gasteiger partial charge is 0.263 e. The molecule has 4 aromatic rings. The molecule has 0 bridgehead atoms. The van der Waals surface area contributed by atoms with E-state index in [1.165, 1.54) is 30.4 Å². The van der Waals surface area contributed by atoms with E-state index in [1.54, 1.807) is 30.3 Å². The molecule has 0 spiro atoms. The molecule has 4 heterocycles. The molecule has 1 aliphatic heterocycles. The Kier molecular flexibility index (Phi) is 5.23. The van der Waals surface area contributed by atoms with Crippen LogP contribution in [0.4, 0.5) is 17.3 Å². The van der Waals surface area contributed by atoms with Crippen molar-refractivity contribution in [3.05, 3.63) is 48.9 Å². The van der Waals surface area contributed by atoms with E-state index in [2.05, 4.69) is 20.6 Å². The van der Waals surface area contributed by atoms with Gasteiger partial charge in [-0.2, -0.15) is 0 Å². The van der Waals surface area contributed by atoms with E-state index in [0.717, 1.165) is 0 Å². The summed E-state index contributed by atoms with van der Waals surface area (Å²) in [6.07, 6.45) is 1.14. The fourth-order valence-corrected chi connectivity index (χ4v) is 3.76. The Morgan fingerprint density at radius 3 is 2.97 bits per heavy atom. The van der Waals surface area contributed by atoms with E-state index in [9.17, 15) is 14.7 Å². The van der Waals surface area contributed by atoms with Crippen molar-refractivity contribution < 1.29 is 28.5 Å². The Labute approximate surface area is 192 Å². The van der Waals surface area contributed by atoms with Gasteiger partial charge in [0.25, 0.3) is 11.8 Å². The van der Waals surface area contributed by atoms with Gasteiger partial charge in [-0.05, 0) is 31.2 Å². The highest BCUT2D eigenvalue weighted by Crippen LogP contribution is 2.29. The summed E-state index contributed by atoms with van der Waals surface area (Å²) in [6, 6.07) is 9.87. The second kappa shape index (κ2) is 8.24. The van der Waals surface area contributed by atoms with E-state index >= 15 is 0 Å². The molecule has 2 amide bonds. The summed E-state index contributed by atoms with van der Waals surface area (Å²) >= 11 is 0. The van der Waals surface area contributed by atoms with Crippen LogP contribution in [0.3, 0.4) is 0 Å². The molecule has 12 nitrogen and oxygen atoms in total. The minimum atomic E-state index is -1.84. The first kappa shape index (κ1) is 21.6. The highest BCUT2D eigenvalue weighted by molar-refractivity contribution is 6.06. The summed E-state index contributed by atoms with van der Waals surface area (Å²) < 4.78 is 15.6. The molecule has 0 radical (unpaired) electrons. The summed E-state index contributed by atoms with van der Waals surface area (Å²) in [5.74, 6) is -0.854. The lowest BCUT2D eigenvalue weighted by molar-refractivity contribution is -0.170. The van der Waals surface area contributed by atoms with Gasteiger partial charge in [-0.3, -0.25) is 14.5 Å². The lowest BCUT2D eigenvalue weighted by Crippen LogP contribution is -2.63. The van der Waals surface area contributed by atoms with Crippen LogP contribution in [0, 0.1) is 0 Å². The number of anilines is 3. The van der Waals surface area contributed by atoms with Gasteiger partial charge in [0.2, 0.25) is 0 Å². The van der Waals surface area contributed by atoms with Gasteiger partial charge in [0.05, 0.1) is 36.0 Å². The van der Waals surface area contributed by atoms with Crippen LogP contribution in [0.1, 0.15) is 6.92 Å². The van der Waals surface area contributed by atoms with Gasteiger partial charge in [0.1, 0.15) is 12.1 Å². The first-order valence-corrected chi connectivity index (χ1v) is 10.3. The van der Waals surface area contributed by atoms with Crippen molar-refractivity contribution in [2.24, 2.45) is 0 Å². The first-order chi connectivity index (χ1) is 16.4. The van der Waals surface area contributed by atoms with Crippen LogP contribution >= 0.6 is 0 Å². The summed E-state index contributed by atoms with van der Waals surface area (Å²) in [7, 11) is 0. The second-order valence-corrected chi connectivity index (χ2v) is 7.88. The van der Waals surface area contributed by atoms with Crippen molar-refractivity contribution in [1.82, 2.24) is 15.3 Å². The Hall–Kier alpha value is -4.29. The highest BCUT2D eigenvalue weighted by Gasteiger charge is 2.50. The quantitative estimate of drug-likeness (QED) is 0.394. The molecule has 1 aliphatic rings. The highest BCUT2D eigenvalue weighted by atomic mass is 16.5. The number of hydrogen-bond acceptors (Lipinski definition) is 10. The van der Waals surface area contributed by atoms with E-state index in [1.807, 2.05) is 0 Å². The van der Waals surface area contributed by atoms with Crippen molar-refractivity contribution in [2.45, 2.75) is 18.6 Å². The number of nitrogens with one attached hydrogen (secondary N) is 1. The number of aliphatic hydroxyl groups excluding tert-OH is 1. The standard InChI is InChI=1S/C22H20N6O6/c1-22(18(29)20(30)25-13-5-6-14-16(9-13)34-27-19(14)23)21(31)28(7-8-32-22)17-4-2-3-15(26-17)12-10-24-33-11-12/h2-6,9-11,18,29H,7-8H2,1H3,(H2,23,27)(H,25,30). The molecule has 1 saturated heterocycles. The number of ether oxygens (including phenoxy) is 1. The molecule has 12 heteroatoms. The number of pyridine rings is 1. The molecule has 0 saturated carbocycles. The van der Waals surface area contributed by atoms with E-state index in [4.69, 9.17) is 19.5 Å². The summed E-state index contributed by atoms with van der Waals surface area (Å²) in [4.78, 5) is 32.1. The number of hydrogen-bond donors (Lipinski definition) is 3. The molecule has 1 fully saturated rings. The number of carbonyl (C=O) groups is 2. The van der Waals surface area contributed by atoms with Gasteiger partial charge in [-0.1, -0.05) is 16.4 Å². The third kappa shape index (κ3) is 3.64. The fraction of sp³-hybridized carbons (Fsp3) is 0.227. The molecular formula is C22H20N6O6. The van der Waals surface area contributed by atoms with E-state index in [0.29, 0.717) is 33.7 Å². The van der Waals surface area contributed by atoms with Crippen LogP contribution in [-0.4, -0.2) is 57.1 Å². The minimum absolute atomic E-state index is 0.0923. The number of rotatable bonds is 5. The predicted octanol–water partition coefficient (Wildman–Crippen LogP) is 1.58. The van der Waals surface area contributed by atoms with E-state index in [-0.39, 0.29) is 19.0 Å². The maximum absolute atomic E-state index is 13.4. The fourth-order valence-electron chi connectivity index (χ4n) is 3.76. The topological polar surface area (TPSA) is 170 Å². The van der Waals surface area contributed by atoms with Gasteiger partial charge < -0.3 is 29.9 Å². The van der Waals surface area contributed by atoms with Gasteiger partial charge in [-0.25, -0.2) is 4.98 Å². The van der Waals surface area contributed by atoms with Crippen molar-refractivity contribution in [2.75, 3.05) is 29.1 Å². The van der Waals surface area contributed by atoms with Crippen molar-refractivity contribution in [3.63, 3.8) is 0 Å². The first-order valence-electron chi connectivity index (χ1n) is 10.3.